The van der Waals surface area contributed by atoms with Crippen LogP contribution >= 0.6 is 0 Å². The summed E-state index contributed by atoms with van der Waals surface area (Å²) in [5, 5.41) is 19.3. The molecule has 0 fully saturated rings. The third kappa shape index (κ3) is 6.29. The van der Waals surface area contributed by atoms with Gasteiger partial charge in [-0.15, -0.1) is 0 Å². The quantitative estimate of drug-likeness (QED) is 0.165. The number of phenolic OH excluding ortho intramolecular Hbond substituents is 2. The molecule has 4 aliphatic heterocycles. The van der Waals surface area contributed by atoms with Crippen molar-refractivity contribution in [3.05, 3.63) is 120 Å². The van der Waals surface area contributed by atoms with Gasteiger partial charge in [0, 0.05) is 69.5 Å². The maximum Gasteiger partial charge on any atom is 0.335 e. The number of aromatic hydroxyl groups is 2. The molecule has 0 aliphatic carbocycles. The molecule has 0 atom stereocenters. The summed E-state index contributed by atoms with van der Waals surface area (Å²) in [6, 6.07) is 18.2. The number of ether oxygens (including phenoxy) is 6. The minimum absolute atomic E-state index is 0.0162. The van der Waals surface area contributed by atoms with Crippen LogP contribution in [0, 0.1) is 0 Å². The summed E-state index contributed by atoms with van der Waals surface area (Å²) in [6.07, 6.45) is 1.79. The summed E-state index contributed by atoms with van der Waals surface area (Å²) in [5.74, 6) is -2.33. The molecule has 0 aromatic heterocycles. The number of carbonyl (C=O) groups excluding carboxylic acids is 6. The van der Waals surface area contributed by atoms with Crippen LogP contribution in [0.4, 0.5) is 0 Å². The molecule has 14 heteroatoms. The van der Waals surface area contributed by atoms with Gasteiger partial charge in [-0.2, -0.15) is 0 Å². The van der Waals surface area contributed by atoms with Gasteiger partial charge < -0.3 is 38.6 Å². The van der Waals surface area contributed by atoms with Crippen LogP contribution in [0.3, 0.4) is 0 Å². The molecule has 0 unspecified atom stereocenters. The molecule has 272 valence electrons. The molecule has 8 rings (SSSR count). The second kappa shape index (κ2) is 13.4. The van der Waals surface area contributed by atoms with E-state index in [-0.39, 0.29) is 71.7 Å². The van der Waals surface area contributed by atoms with Crippen LogP contribution in [-0.2, 0) is 39.6 Å². The number of rotatable bonds is 4. The van der Waals surface area contributed by atoms with Crippen LogP contribution in [0.15, 0.2) is 98.1 Å². The maximum atomic E-state index is 12.5. The highest BCUT2D eigenvalue weighted by atomic mass is 16.6. The fourth-order valence-electron chi connectivity index (χ4n) is 7.19. The molecule has 4 aromatic rings. The van der Waals surface area contributed by atoms with Crippen LogP contribution in [0.25, 0.3) is 0 Å². The Kier molecular flexibility index (Phi) is 8.73. The van der Waals surface area contributed by atoms with Crippen molar-refractivity contribution in [2.24, 2.45) is 0 Å². The Morgan fingerprint density at radius 3 is 1.13 bits per heavy atom. The monoisotopic (exact) mass is 732 g/mol. The lowest BCUT2D eigenvalue weighted by molar-refractivity contribution is -0.142. The van der Waals surface area contributed by atoms with E-state index in [0.717, 1.165) is 12.2 Å². The second-order valence-corrected chi connectivity index (χ2v) is 12.7. The number of benzene rings is 4. The van der Waals surface area contributed by atoms with Gasteiger partial charge in [0.15, 0.2) is 0 Å². The van der Waals surface area contributed by atoms with Gasteiger partial charge in [-0.25, -0.2) is 9.59 Å². The largest absolute Gasteiger partial charge is 0.508 e. The molecule has 4 aromatic carbocycles. The van der Waals surface area contributed by atoms with Crippen molar-refractivity contribution >= 4 is 35.8 Å². The average molecular weight is 733 g/mol. The molecular formula is C40H28O14. The van der Waals surface area contributed by atoms with E-state index < -0.39 is 46.6 Å². The Bertz CT molecular complexity index is 2170. The Labute approximate surface area is 305 Å². The smallest absolute Gasteiger partial charge is 0.335 e. The van der Waals surface area contributed by atoms with Crippen LogP contribution in [0.5, 0.6) is 46.0 Å². The van der Waals surface area contributed by atoms with E-state index in [9.17, 15) is 39.0 Å². The Morgan fingerprint density at radius 2 is 0.815 bits per heavy atom. The molecule has 14 nitrogen and oxygen atoms in total. The number of phenols is 2. The lowest BCUT2D eigenvalue weighted by Gasteiger charge is -2.40. The Hall–Kier alpha value is -7.22. The second-order valence-electron chi connectivity index (χ2n) is 12.7. The lowest BCUT2D eigenvalue weighted by atomic mass is 9.67. The van der Waals surface area contributed by atoms with Gasteiger partial charge in [-0.1, -0.05) is 37.4 Å². The zero-order chi connectivity index (χ0) is 38.4. The van der Waals surface area contributed by atoms with Gasteiger partial charge in [-0.3, -0.25) is 19.2 Å². The van der Waals surface area contributed by atoms with E-state index in [0.29, 0.717) is 22.3 Å². The van der Waals surface area contributed by atoms with Gasteiger partial charge in [0.2, 0.25) is 0 Å². The number of carbonyl (C=O) groups is 6. The fraction of sp³-hybridized carbons (Fsp3) is 0.150. The van der Waals surface area contributed by atoms with E-state index in [1.807, 2.05) is 0 Å². The molecule has 4 aliphatic rings. The fourth-order valence-corrected chi connectivity index (χ4v) is 7.19. The molecule has 0 saturated carbocycles. The first-order valence-electron chi connectivity index (χ1n) is 16.3. The van der Waals surface area contributed by atoms with E-state index in [1.54, 1.807) is 36.4 Å². The van der Waals surface area contributed by atoms with Crippen LogP contribution in [-0.4, -0.2) is 46.0 Å². The maximum absolute atomic E-state index is 12.5. The summed E-state index contributed by atoms with van der Waals surface area (Å²) < 4.78 is 31.4. The minimum Gasteiger partial charge on any atom is -0.508 e. The highest BCUT2D eigenvalue weighted by molar-refractivity contribution is 5.89. The lowest BCUT2D eigenvalue weighted by Crippen LogP contribution is -2.42. The van der Waals surface area contributed by atoms with Gasteiger partial charge in [-0.05, 0) is 24.3 Å². The predicted molar refractivity (Wildman–Crippen MR) is 183 cm³/mol. The van der Waals surface area contributed by atoms with Crippen molar-refractivity contribution in [1.82, 2.24) is 0 Å². The van der Waals surface area contributed by atoms with Crippen molar-refractivity contribution in [1.29, 1.82) is 0 Å². The summed E-state index contributed by atoms with van der Waals surface area (Å²) in [4.78, 5) is 72.1. The molecule has 54 heavy (non-hydrogen) atoms. The number of fused-ring (bicyclic) bond motifs is 8. The standard InChI is InChI=1S/C23H16O8.C17H12O6/c1-3-19(24)28-13-5-7-15-17(9-13)30-21(26)11-23(15)12-22(27)31-18-10-14(6-8-16(18)23)29-20(25)4-2;18-9-1-3-11-13(5-9)22-15(20)7-17(11)8-16(21)23-14-6-10(19)2-4-12(14)17/h3-10H,1-2,11-12H2;1-6,18-19H,7-8H2. The van der Waals surface area contributed by atoms with Crippen molar-refractivity contribution in [2.75, 3.05) is 0 Å². The third-order valence-electron chi connectivity index (χ3n) is 9.35. The normalized spacial score (nSPS) is 16.6. The average Bonchev–Trinajstić information content (AvgIpc) is 3.10. The number of hydrogen-bond acceptors (Lipinski definition) is 14. The summed E-state index contributed by atoms with van der Waals surface area (Å²) >= 11 is 0. The highest BCUT2D eigenvalue weighted by Gasteiger charge is 2.51. The van der Waals surface area contributed by atoms with E-state index in [2.05, 4.69) is 13.2 Å². The summed E-state index contributed by atoms with van der Waals surface area (Å²) in [6.45, 7) is 6.68. The van der Waals surface area contributed by atoms with Crippen molar-refractivity contribution in [2.45, 2.75) is 36.5 Å². The zero-order valence-corrected chi connectivity index (χ0v) is 28.1. The number of esters is 6. The molecular weight excluding hydrogens is 704 g/mol. The first-order chi connectivity index (χ1) is 25.8. The van der Waals surface area contributed by atoms with E-state index in [4.69, 9.17) is 28.4 Å². The highest BCUT2D eigenvalue weighted by Crippen LogP contribution is 2.54. The van der Waals surface area contributed by atoms with Crippen LogP contribution in [0.2, 0.25) is 0 Å². The SMILES string of the molecule is C=CC(=O)Oc1ccc2c(c1)OC(=O)CC21CC(=O)Oc2cc(OC(=O)C=C)ccc21.O=C1CC2(CC(=O)Oc3cc(O)ccc32)c2ccc(O)cc2O1. The third-order valence-corrected chi connectivity index (χ3v) is 9.35. The minimum atomic E-state index is -1.04. The molecule has 0 saturated heterocycles. The van der Waals surface area contributed by atoms with Crippen LogP contribution < -0.4 is 28.4 Å². The molecule has 0 amide bonds. The van der Waals surface area contributed by atoms with Crippen LogP contribution in [0.1, 0.15) is 47.9 Å². The van der Waals surface area contributed by atoms with Crippen molar-refractivity contribution in [3.8, 4) is 46.0 Å². The first kappa shape index (κ1) is 35.2. The molecule has 4 heterocycles. The molecule has 0 radical (unpaired) electrons. The number of hydrogen-bond donors (Lipinski definition) is 2. The first-order valence-corrected chi connectivity index (χ1v) is 16.3. The molecule has 2 spiro atoms. The van der Waals surface area contributed by atoms with Gasteiger partial charge in [0.25, 0.3) is 0 Å². The van der Waals surface area contributed by atoms with E-state index >= 15 is 0 Å². The predicted octanol–water partition coefficient (Wildman–Crippen LogP) is 4.78. The Balaban J connectivity index is 0.000000174. The van der Waals surface area contributed by atoms with Gasteiger partial charge in [0.1, 0.15) is 46.0 Å². The summed E-state index contributed by atoms with van der Waals surface area (Å²) in [7, 11) is 0. The Morgan fingerprint density at radius 1 is 0.519 bits per heavy atom. The van der Waals surface area contributed by atoms with Crippen molar-refractivity contribution < 1.29 is 67.4 Å². The van der Waals surface area contributed by atoms with E-state index in [1.165, 1.54) is 36.4 Å². The van der Waals surface area contributed by atoms with Crippen molar-refractivity contribution in [3.63, 3.8) is 0 Å². The van der Waals surface area contributed by atoms with Gasteiger partial charge in [0.05, 0.1) is 25.7 Å². The molecule has 0 bridgehead atoms. The molecule has 2 N–H and O–H groups in total. The summed E-state index contributed by atoms with van der Waals surface area (Å²) in [5.41, 5.74) is 0.448. The van der Waals surface area contributed by atoms with Gasteiger partial charge >= 0.3 is 35.8 Å². The topological polar surface area (TPSA) is 198 Å². The zero-order valence-electron chi connectivity index (χ0n) is 28.1.